The van der Waals surface area contributed by atoms with E-state index in [1.54, 1.807) is 24.3 Å². The standard InChI is InChI=1S/C14H18F2N2OS/c1-9-8-10(6-7-17-9)13(19)18-11-4-2-3-5-12(11)20-14(15)16/h2-5,9-10,14,17H,6-8H2,1H3,(H,18,19). The Labute approximate surface area is 121 Å². The number of hydrogen-bond donors (Lipinski definition) is 2. The highest BCUT2D eigenvalue weighted by atomic mass is 32.2. The van der Waals surface area contributed by atoms with Crippen LogP contribution in [0.2, 0.25) is 0 Å². The van der Waals surface area contributed by atoms with Crippen molar-refractivity contribution in [1.29, 1.82) is 0 Å². The van der Waals surface area contributed by atoms with Gasteiger partial charge in [0.15, 0.2) is 0 Å². The molecule has 0 aliphatic carbocycles. The summed E-state index contributed by atoms with van der Waals surface area (Å²) in [4.78, 5) is 12.6. The fourth-order valence-corrected chi connectivity index (χ4v) is 2.97. The number of piperidine rings is 1. The molecule has 0 radical (unpaired) electrons. The second-order valence-electron chi connectivity index (χ2n) is 4.94. The summed E-state index contributed by atoms with van der Waals surface area (Å²) in [6, 6.07) is 6.98. The molecule has 2 rings (SSSR count). The molecule has 1 aromatic rings. The zero-order chi connectivity index (χ0) is 14.5. The second-order valence-corrected chi connectivity index (χ2v) is 5.97. The molecule has 1 saturated heterocycles. The lowest BCUT2D eigenvalue weighted by atomic mass is 9.92. The van der Waals surface area contributed by atoms with Gasteiger partial charge in [0.05, 0.1) is 5.69 Å². The fourth-order valence-electron chi connectivity index (χ4n) is 2.37. The molecule has 1 fully saturated rings. The smallest absolute Gasteiger partial charge is 0.288 e. The first-order valence-corrected chi connectivity index (χ1v) is 7.52. The number of carbonyl (C=O) groups is 1. The number of anilines is 1. The quantitative estimate of drug-likeness (QED) is 0.838. The Bertz CT molecular complexity index is 470. The minimum absolute atomic E-state index is 0.0594. The summed E-state index contributed by atoms with van der Waals surface area (Å²) in [6.45, 7) is 2.85. The van der Waals surface area contributed by atoms with Gasteiger partial charge in [0.25, 0.3) is 5.76 Å². The van der Waals surface area contributed by atoms with Crippen molar-refractivity contribution in [3.8, 4) is 0 Å². The monoisotopic (exact) mass is 300 g/mol. The van der Waals surface area contributed by atoms with Crippen molar-refractivity contribution in [2.45, 2.75) is 36.5 Å². The summed E-state index contributed by atoms with van der Waals surface area (Å²) in [7, 11) is 0. The van der Waals surface area contributed by atoms with Crippen LogP contribution in [0.4, 0.5) is 14.5 Å². The van der Waals surface area contributed by atoms with Crippen molar-refractivity contribution in [1.82, 2.24) is 5.32 Å². The fraction of sp³-hybridized carbons (Fsp3) is 0.500. The molecule has 2 atom stereocenters. The van der Waals surface area contributed by atoms with Crippen molar-refractivity contribution in [2.24, 2.45) is 5.92 Å². The van der Waals surface area contributed by atoms with E-state index >= 15 is 0 Å². The van der Waals surface area contributed by atoms with E-state index in [1.165, 1.54) is 0 Å². The maximum atomic E-state index is 12.5. The lowest BCUT2D eigenvalue weighted by molar-refractivity contribution is -0.120. The van der Waals surface area contributed by atoms with E-state index in [1.807, 2.05) is 6.92 Å². The number of para-hydroxylation sites is 1. The van der Waals surface area contributed by atoms with Crippen molar-refractivity contribution in [3.63, 3.8) is 0 Å². The summed E-state index contributed by atoms with van der Waals surface area (Å²) in [6.07, 6.45) is 1.55. The first-order chi connectivity index (χ1) is 9.56. The minimum atomic E-state index is -2.49. The molecule has 0 aromatic heterocycles. The molecule has 1 heterocycles. The molecule has 1 aliphatic rings. The van der Waals surface area contributed by atoms with Crippen LogP contribution in [0.15, 0.2) is 29.2 Å². The number of amides is 1. The normalized spacial score (nSPS) is 22.8. The van der Waals surface area contributed by atoms with Crippen LogP contribution in [0.3, 0.4) is 0 Å². The second kappa shape index (κ2) is 7.04. The lowest BCUT2D eigenvalue weighted by Gasteiger charge is -2.27. The first kappa shape index (κ1) is 15.3. The van der Waals surface area contributed by atoms with Gasteiger partial charge in [-0.05, 0) is 38.4 Å². The van der Waals surface area contributed by atoms with Gasteiger partial charge in [0.2, 0.25) is 5.91 Å². The van der Waals surface area contributed by atoms with Gasteiger partial charge in [0.1, 0.15) is 0 Å². The molecule has 110 valence electrons. The van der Waals surface area contributed by atoms with Gasteiger partial charge in [-0.25, -0.2) is 0 Å². The molecule has 3 nitrogen and oxygen atoms in total. The van der Waals surface area contributed by atoms with Crippen molar-refractivity contribution in [3.05, 3.63) is 24.3 Å². The van der Waals surface area contributed by atoms with Gasteiger partial charge >= 0.3 is 0 Å². The largest absolute Gasteiger partial charge is 0.325 e. The topological polar surface area (TPSA) is 41.1 Å². The molecule has 1 amide bonds. The number of halogens is 2. The number of thioether (sulfide) groups is 1. The summed E-state index contributed by atoms with van der Waals surface area (Å²) >= 11 is 0.454. The van der Waals surface area contributed by atoms with Crippen LogP contribution in [-0.4, -0.2) is 24.3 Å². The number of carbonyl (C=O) groups excluding carboxylic acids is 1. The Hall–Kier alpha value is -1.14. The third-order valence-corrected chi connectivity index (χ3v) is 4.14. The van der Waals surface area contributed by atoms with E-state index < -0.39 is 5.76 Å². The maximum absolute atomic E-state index is 12.5. The average molecular weight is 300 g/mol. The molecule has 0 bridgehead atoms. The Morgan fingerprint density at radius 3 is 2.90 bits per heavy atom. The molecule has 20 heavy (non-hydrogen) atoms. The molecular weight excluding hydrogens is 282 g/mol. The van der Waals surface area contributed by atoms with Gasteiger partial charge < -0.3 is 10.6 Å². The van der Waals surface area contributed by atoms with E-state index in [0.29, 0.717) is 28.4 Å². The maximum Gasteiger partial charge on any atom is 0.288 e. The molecule has 0 spiro atoms. The number of hydrogen-bond acceptors (Lipinski definition) is 3. The molecule has 2 unspecified atom stereocenters. The highest BCUT2D eigenvalue weighted by Crippen LogP contribution is 2.32. The Balaban J connectivity index is 2.03. The van der Waals surface area contributed by atoms with Gasteiger partial charge in [-0.1, -0.05) is 23.9 Å². The highest BCUT2D eigenvalue weighted by molar-refractivity contribution is 7.99. The van der Waals surface area contributed by atoms with Crippen LogP contribution in [0.25, 0.3) is 0 Å². The zero-order valence-corrected chi connectivity index (χ0v) is 12.1. The predicted molar refractivity (Wildman–Crippen MR) is 77.1 cm³/mol. The molecule has 0 saturated carbocycles. The van der Waals surface area contributed by atoms with Crippen molar-refractivity contribution < 1.29 is 13.6 Å². The predicted octanol–water partition coefficient (Wildman–Crippen LogP) is 3.33. The van der Waals surface area contributed by atoms with Crippen LogP contribution in [0.1, 0.15) is 19.8 Å². The van der Waals surface area contributed by atoms with E-state index in [9.17, 15) is 13.6 Å². The van der Waals surface area contributed by atoms with Crippen LogP contribution in [0, 0.1) is 5.92 Å². The summed E-state index contributed by atoms with van der Waals surface area (Å²) < 4.78 is 25.0. The van der Waals surface area contributed by atoms with E-state index in [2.05, 4.69) is 10.6 Å². The lowest BCUT2D eigenvalue weighted by Crippen LogP contribution is -2.40. The van der Waals surface area contributed by atoms with Gasteiger partial charge in [0, 0.05) is 16.9 Å². The van der Waals surface area contributed by atoms with Crippen LogP contribution in [0.5, 0.6) is 0 Å². The third kappa shape index (κ3) is 4.18. The number of nitrogens with one attached hydrogen (secondary N) is 2. The minimum Gasteiger partial charge on any atom is -0.325 e. The third-order valence-electron chi connectivity index (χ3n) is 3.36. The summed E-state index contributed by atoms with van der Waals surface area (Å²) in [5, 5.41) is 6.07. The van der Waals surface area contributed by atoms with Crippen LogP contribution in [-0.2, 0) is 4.79 Å². The van der Waals surface area contributed by atoms with Crippen LogP contribution >= 0.6 is 11.8 Å². The molecule has 1 aliphatic heterocycles. The Morgan fingerprint density at radius 2 is 2.20 bits per heavy atom. The number of alkyl halides is 2. The SMILES string of the molecule is CC1CC(C(=O)Nc2ccccc2SC(F)F)CCN1. The molecule has 2 N–H and O–H groups in total. The molecule has 1 aromatic carbocycles. The van der Waals surface area contributed by atoms with E-state index in [4.69, 9.17) is 0 Å². The molecular formula is C14H18F2N2OS. The molecule has 6 heteroatoms. The van der Waals surface area contributed by atoms with Gasteiger partial charge in [-0.15, -0.1) is 0 Å². The Morgan fingerprint density at radius 1 is 1.45 bits per heavy atom. The van der Waals surface area contributed by atoms with Gasteiger partial charge in [-0.3, -0.25) is 4.79 Å². The zero-order valence-electron chi connectivity index (χ0n) is 11.2. The van der Waals surface area contributed by atoms with Crippen molar-refractivity contribution >= 4 is 23.4 Å². The average Bonchev–Trinajstić information content (AvgIpc) is 2.40. The van der Waals surface area contributed by atoms with Gasteiger partial charge in [-0.2, -0.15) is 8.78 Å². The Kier molecular flexibility index (Phi) is 5.37. The van der Waals surface area contributed by atoms with E-state index in [0.717, 1.165) is 19.4 Å². The highest BCUT2D eigenvalue weighted by Gasteiger charge is 2.25. The first-order valence-electron chi connectivity index (χ1n) is 6.64. The van der Waals surface area contributed by atoms with Crippen LogP contribution < -0.4 is 10.6 Å². The van der Waals surface area contributed by atoms with Crippen molar-refractivity contribution in [2.75, 3.05) is 11.9 Å². The van der Waals surface area contributed by atoms with E-state index in [-0.39, 0.29) is 11.8 Å². The summed E-state index contributed by atoms with van der Waals surface area (Å²) in [5.74, 6) is -2.64. The number of rotatable bonds is 4. The number of benzene rings is 1. The summed E-state index contributed by atoms with van der Waals surface area (Å²) in [5.41, 5.74) is 0.467.